The summed E-state index contributed by atoms with van der Waals surface area (Å²) in [6.07, 6.45) is 0. The summed E-state index contributed by atoms with van der Waals surface area (Å²) in [7, 11) is 0. The minimum atomic E-state index is -0.0761. The molecule has 96 valence electrons. The zero-order chi connectivity index (χ0) is 13.2. The Morgan fingerprint density at radius 3 is 2.79 bits per heavy atom. The Hall–Kier alpha value is -1.65. The van der Waals surface area contributed by atoms with E-state index in [2.05, 4.69) is 26.6 Å². The van der Waals surface area contributed by atoms with Crippen molar-refractivity contribution in [1.82, 2.24) is 5.32 Å². The molecular formula is C15H13BrN2O. The van der Waals surface area contributed by atoms with Crippen LogP contribution in [0.3, 0.4) is 0 Å². The number of hydrogen-bond acceptors (Lipinski definition) is 2. The molecule has 0 unspecified atom stereocenters. The summed E-state index contributed by atoms with van der Waals surface area (Å²) < 4.78 is 0.948. The van der Waals surface area contributed by atoms with Crippen LogP contribution in [0.25, 0.3) is 0 Å². The smallest absolute Gasteiger partial charge is 0.255 e. The molecule has 0 radical (unpaired) electrons. The van der Waals surface area contributed by atoms with Gasteiger partial charge in [0.05, 0.1) is 0 Å². The first-order valence-corrected chi connectivity index (χ1v) is 6.91. The third kappa shape index (κ3) is 2.69. The van der Waals surface area contributed by atoms with Crippen LogP contribution in [0.15, 0.2) is 46.9 Å². The quantitative estimate of drug-likeness (QED) is 0.892. The van der Waals surface area contributed by atoms with Crippen LogP contribution < -0.4 is 10.6 Å². The highest BCUT2D eigenvalue weighted by atomic mass is 79.9. The van der Waals surface area contributed by atoms with Crippen molar-refractivity contribution in [3.05, 3.63) is 63.6 Å². The summed E-state index contributed by atoms with van der Waals surface area (Å²) in [4.78, 5) is 12.2. The highest BCUT2D eigenvalue weighted by Gasteiger charge is 2.13. The molecule has 0 spiro atoms. The first kappa shape index (κ1) is 12.4. The molecule has 0 atom stereocenters. The number of carbonyl (C=O) groups is 1. The molecule has 2 aromatic carbocycles. The van der Waals surface area contributed by atoms with Gasteiger partial charge in [0, 0.05) is 28.8 Å². The van der Waals surface area contributed by atoms with Crippen LogP contribution in [0.5, 0.6) is 0 Å². The van der Waals surface area contributed by atoms with Gasteiger partial charge < -0.3 is 10.6 Å². The largest absolute Gasteiger partial charge is 0.322 e. The van der Waals surface area contributed by atoms with Crippen LogP contribution in [0.4, 0.5) is 5.69 Å². The lowest BCUT2D eigenvalue weighted by molar-refractivity contribution is 0.102. The maximum atomic E-state index is 12.2. The molecule has 2 aromatic rings. The van der Waals surface area contributed by atoms with Crippen LogP contribution in [0, 0.1) is 0 Å². The summed E-state index contributed by atoms with van der Waals surface area (Å²) in [5.74, 6) is -0.0761. The van der Waals surface area contributed by atoms with Crippen molar-refractivity contribution >= 4 is 27.5 Å². The normalized spacial score (nSPS) is 13.1. The number of nitrogens with one attached hydrogen (secondary N) is 2. The minimum Gasteiger partial charge on any atom is -0.322 e. The van der Waals surface area contributed by atoms with Crippen LogP contribution in [0.2, 0.25) is 0 Å². The molecule has 4 heteroatoms. The van der Waals surface area contributed by atoms with E-state index in [-0.39, 0.29) is 5.91 Å². The standard InChI is InChI=1S/C15H13BrN2O/c16-13-2-1-3-14(7-13)18-15(19)10-4-5-11-8-17-9-12(11)6-10/h1-7,17H,8-9H2,(H,18,19). The molecule has 0 fully saturated rings. The van der Waals surface area contributed by atoms with E-state index in [0.29, 0.717) is 5.56 Å². The van der Waals surface area contributed by atoms with Crippen molar-refractivity contribution in [1.29, 1.82) is 0 Å². The number of benzene rings is 2. The highest BCUT2D eigenvalue weighted by Crippen LogP contribution is 2.19. The molecule has 3 rings (SSSR count). The monoisotopic (exact) mass is 316 g/mol. The number of amides is 1. The van der Waals surface area contributed by atoms with Gasteiger partial charge in [0.1, 0.15) is 0 Å². The summed E-state index contributed by atoms with van der Waals surface area (Å²) >= 11 is 3.39. The highest BCUT2D eigenvalue weighted by molar-refractivity contribution is 9.10. The molecule has 0 bridgehead atoms. The van der Waals surface area contributed by atoms with E-state index in [1.165, 1.54) is 11.1 Å². The average Bonchev–Trinajstić information content (AvgIpc) is 2.85. The second kappa shape index (κ2) is 5.15. The Labute approximate surface area is 120 Å². The molecule has 1 aliphatic heterocycles. The Bertz CT molecular complexity index is 640. The van der Waals surface area contributed by atoms with Gasteiger partial charge >= 0.3 is 0 Å². The fourth-order valence-electron chi connectivity index (χ4n) is 2.21. The first-order chi connectivity index (χ1) is 9.22. The van der Waals surface area contributed by atoms with Crippen molar-refractivity contribution in [2.75, 3.05) is 5.32 Å². The maximum Gasteiger partial charge on any atom is 0.255 e. The lowest BCUT2D eigenvalue weighted by Gasteiger charge is -2.07. The van der Waals surface area contributed by atoms with Gasteiger partial charge in [-0.15, -0.1) is 0 Å². The Morgan fingerprint density at radius 2 is 1.95 bits per heavy atom. The molecule has 0 saturated carbocycles. The Balaban J connectivity index is 1.81. The van der Waals surface area contributed by atoms with Gasteiger partial charge in [0.2, 0.25) is 0 Å². The van der Waals surface area contributed by atoms with Crippen LogP contribution in [-0.2, 0) is 13.1 Å². The summed E-state index contributed by atoms with van der Waals surface area (Å²) in [6, 6.07) is 13.4. The molecule has 1 heterocycles. The van der Waals surface area contributed by atoms with Crippen molar-refractivity contribution in [3.63, 3.8) is 0 Å². The zero-order valence-corrected chi connectivity index (χ0v) is 11.8. The number of halogens is 1. The van der Waals surface area contributed by atoms with Crippen molar-refractivity contribution in [2.45, 2.75) is 13.1 Å². The first-order valence-electron chi connectivity index (χ1n) is 6.12. The maximum absolute atomic E-state index is 12.2. The van der Waals surface area contributed by atoms with Crippen molar-refractivity contribution in [2.24, 2.45) is 0 Å². The molecular weight excluding hydrogens is 304 g/mol. The van der Waals surface area contributed by atoms with E-state index in [0.717, 1.165) is 23.2 Å². The molecule has 0 aliphatic carbocycles. The van der Waals surface area contributed by atoms with Gasteiger partial charge in [-0.05, 0) is 41.5 Å². The van der Waals surface area contributed by atoms with Crippen molar-refractivity contribution < 1.29 is 4.79 Å². The van der Waals surface area contributed by atoms with E-state index < -0.39 is 0 Å². The number of fused-ring (bicyclic) bond motifs is 1. The lowest BCUT2D eigenvalue weighted by atomic mass is 10.1. The van der Waals surface area contributed by atoms with Crippen LogP contribution in [-0.4, -0.2) is 5.91 Å². The predicted octanol–water partition coefficient (Wildman–Crippen LogP) is 3.30. The lowest BCUT2D eigenvalue weighted by Crippen LogP contribution is -2.12. The fraction of sp³-hybridized carbons (Fsp3) is 0.133. The molecule has 0 aromatic heterocycles. The molecule has 1 amide bonds. The third-order valence-corrected chi connectivity index (χ3v) is 3.68. The van der Waals surface area contributed by atoms with Gasteiger partial charge in [-0.1, -0.05) is 28.1 Å². The van der Waals surface area contributed by atoms with Crippen molar-refractivity contribution in [3.8, 4) is 0 Å². The van der Waals surface area contributed by atoms with E-state index >= 15 is 0 Å². The second-order valence-corrected chi connectivity index (χ2v) is 5.47. The Morgan fingerprint density at radius 1 is 1.11 bits per heavy atom. The average molecular weight is 317 g/mol. The summed E-state index contributed by atoms with van der Waals surface area (Å²) in [5.41, 5.74) is 3.97. The third-order valence-electron chi connectivity index (χ3n) is 3.18. The van der Waals surface area contributed by atoms with Crippen LogP contribution >= 0.6 is 15.9 Å². The summed E-state index contributed by atoms with van der Waals surface area (Å²) in [6.45, 7) is 1.73. The molecule has 3 nitrogen and oxygen atoms in total. The van der Waals surface area contributed by atoms with Gasteiger partial charge in [-0.25, -0.2) is 0 Å². The van der Waals surface area contributed by atoms with Gasteiger partial charge in [0.15, 0.2) is 0 Å². The SMILES string of the molecule is O=C(Nc1cccc(Br)c1)c1ccc2c(c1)CNC2. The number of hydrogen-bond donors (Lipinski definition) is 2. The molecule has 1 aliphatic rings. The van der Waals surface area contributed by atoms with E-state index in [1.54, 1.807) is 0 Å². The second-order valence-electron chi connectivity index (χ2n) is 4.55. The Kier molecular flexibility index (Phi) is 3.36. The minimum absolute atomic E-state index is 0.0761. The number of rotatable bonds is 2. The number of anilines is 1. The van der Waals surface area contributed by atoms with E-state index in [9.17, 15) is 4.79 Å². The number of carbonyl (C=O) groups excluding carboxylic acids is 1. The van der Waals surface area contributed by atoms with E-state index in [4.69, 9.17) is 0 Å². The molecule has 2 N–H and O–H groups in total. The summed E-state index contributed by atoms with van der Waals surface area (Å²) in [5, 5.41) is 6.17. The van der Waals surface area contributed by atoms with Gasteiger partial charge in [0.25, 0.3) is 5.91 Å². The molecule has 19 heavy (non-hydrogen) atoms. The van der Waals surface area contributed by atoms with Gasteiger partial charge in [-0.2, -0.15) is 0 Å². The fourth-order valence-corrected chi connectivity index (χ4v) is 2.60. The van der Waals surface area contributed by atoms with E-state index in [1.807, 2.05) is 42.5 Å². The predicted molar refractivity (Wildman–Crippen MR) is 79.1 cm³/mol. The van der Waals surface area contributed by atoms with Gasteiger partial charge in [-0.3, -0.25) is 4.79 Å². The zero-order valence-electron chi connectivity index (χ0n) is 10.2. The topological polar surface area (TPSA) is 41.1 Å². The van der Waals surface area contributed by atoms with Crippen LogP contribution in [0.1, 0.15) is 21.5 Å². The molecule has 0 saturated heterocycles.